The van der Waals surface area contributed by atoms with Crippen molar-refractivity contribution in [1.29, 1.82) is 0 Å². The summed E-state index contributed by atoms with van der Waals surface area (Å²) in [4.78, 5) is 10.0. The maximum atomic E-state index is 6.17. The molecule has 6 heteroatoms. The van der Waals surface area contributed by atoms with E-state index in [1.807, 2.05) is 83.9 Å². The summed E-state index contributed by atoms with van der Waals surface area (Å²) in [6.45, 7) is 0. The number of halogens is 1. The topological polar surface area (TPSA) is 50.6 Å². The van der Waals surface area contributed by atoms with Gasteiger partial charge in [-0.15, -0.1) is 0 Å². The molecule has 0 saturated carbocycles. The van der Waals surface area contributed by atoms with Gasteiger partial charge in [-0.1, -0.05) is 84.4 Å². The lowest BCUT2D eigenvalue weighted by Gasteiger charge is -2.23. The van der Waals surface area contributed by atoms with Gasteiger partial charge in [0, 0.05) is 22.4 Å². The molecular weight excluding hydrogens is 468 g/mol. The van der Waals surface area contributed by atoms with Gasteiger partial charge in [-0.2, -0.15) is 5.10 Å². The maximum Gasteiger partial charge on any atom is 0.247 e. The smallest absolute Gasteiger partial charge is 0.247 e. The zero-order valence-corrected chi connectivity index (χ0v) is 20.4. The van der Waals surface area contributed by atoms with E-state index in [0.29, 0.717) is 11.0 Å². The Balaban J connectivity index is 1.51. The quantitative estimate of drug-likeness (QED) is 0.259. The Bertz CT molecular complexity index is 1550. The van der Waals surface area contributed by atoms with E-state index in [1.54, 1.807) is 7.11 Å². The molecule has 5 aromatic rings. The lowest BCUT2D eigenvalue weighted by Crippen LogP contribution is -2.21. The lowest BCUT2D eigenvalue weighted by molar-refractivity contribution is 0.414. The van der Waals surface area contributed by atoms with E-state index >= 15 is 0 Å². The van der Waals surface area contributed by atoms with E-state index < -0.39 is 0 Å². The van der Waals surface area contributed by atoms with Crippen LogP contribution in [0.4, 0.5) is 5.95 Å². The molecule has 0 fully saturated rings. The van der Waals surface area contributed by atoms with Gasteiger partial charge >= 0.3 is 0 Å². The van der Waals surface area contributed by atoms with Gasteiger partial charge < -0.3 is 4.74 Å². The van der Waals surface area contributed by atoms with Gasteiger partial charge in [0.1, 0.15) is 5.75 Å². The van der Waals surface area contributed by atoms with Crippen LogP contribution in [0.2, 0.25) is 5.02 Å². The second-order valence-corrected chi connectivity index (χ2v) is 9.08. The summed E-state index contributed by atoms with van der Waals surface area (Å²) in [6, 6.07) is 34.2. The molecule has 0 saturated heterocycles. The molecule has 0 bridgehead atoms. The van der Waals surface area contributed by atoms with E-state index in [-0.39, 0.29) is 6.04 Å². The number of benzene rings is 4. The van der Waals surface area contributed by atoms with Gasteiger partial charge in [0.2, 0.25) is 5.95 Å². The van der Waals surface area contributed by atoms with Crippen molar-refractivity contribution >= 4 is 34.2 Å². The van der Waals surface area contributed by atoms with E-state index in [0.717, 1.165) is 51.2 Å². The average molecular weight is 491 g/mol. The first-order chi connectivity index (χ1) is 17.7. The second kappa shape index (κ2) is 9.44. The Morgan fingerprint density at radius 1 is 0.778 bits per heavy atom. The number of hydrazone groups is 1. The summed E-state index contributed by atoms with van der Waals surface area (Å²) in [5.74, 6) is 1.38. The van der Waals surface area contributed by atoms with Crippen molar-refractivity contribution in [2.24, 2.45) is 5.10 Å². The Kier molecular flexibility index (Phi) is 5.84. The monoisotopic (exact) mass is 490 g/mol. The molecule has 4 aromatic carbocycles. The minimum Gasteiger partial charge on any atom is -0.497 e. The zero-order chi connectivity index (χ0) is 24.5. The lowest BCUT2D eigenvalue weighted by atomic mass is 9.98. The van der Waals surface area contributed by atoms with Crippen molar-refractivity contribution in [2.45, 2.75) is 12.5 Å². The molecular formula is C30H23ClN4O. The molecule has 2 heterocycles. The molecule has 176 valence electrons. The Morgan fingerprint density at radius 2 is 1.50 bits per heavy atom. The third-order valence-corrected chi connectivity index (χ3v) is 6.68. The maximum absolute atomic E-state index is 6.17. The SMILES string of the molecule is COc1ccc([C@H]2CC(c3ccccc3)=NN2c2nc(-c3ccc(Cl)cc3)c3ccccc3n2)cc1. The fraction of sp³-hybridized carbons (Fsp3) is 0.100. The summed E-state index contributed by atoms with van der Waals surface area (Å²) in [6.07, 6.45) is 0.739. The predicted molar refractivity (Wildman–Crippen MR) is 146 cm³/mol. The number of methoxy groups -OCH3 is 1. The Labute approximate surface area is 214 Å². The van der Waals surface area contributed by atoms with Gasteiger partial charge in [-0.3, -0.25) is 0 Å². The van der Waals surface area contributed by atoms with Gasteiger partial charge in [-0.25, -0.2) is 15.0 Å². The molecule has 6 rings (SSSR count). The van der Waals surface area contributed by atoms with Crippen LogP contribution in [-0.4, -0.2) is 22.8 Å². The van der Waals surface area contributed by atoms with Gasteiger partial charge in [0.05, 0.1) is 30.1 Å². The summed E-state index contributed by atoms with van der Waals surface area (Å²) < 4.78 is 5.38. The molecule has 1 atom stereocenters. The molecule has 5 nitrogen and oxygen atoms in total. The van der Waals surface area contributed by atoms with Crippen LogP contribution in [0.3, 0.4) is 0 Å². The molecule has 0 unspecified atom stereocenters. The molecule has 1 aromatic heterocycles. The molecule has 0 amide bonds. The minimum absolute atomic E-state index is 0.0506. The van der Waals surface area contributed by atoms with Crippen molar-refractivity contribution in [3.63, 3.8) is 0 Å². The first-order valence-corrected chi connectivity index (χ1v) is 12.2. The number of fused-ring (bicyclic) bond motifs is 1. The average Bonchev–Trinajstić information content (AvgIpc) is 3.39. The van der Waals surface area contributed by atoms with Gasteiger partial charge in [0.15, 0.2) is 0 Å². The predicted octanol–water partition coefficient (Wildman–Crippen LogP) is 7.31. The van der Waals surface area contributed by atoms with Crippen LogP contribution in [0, 0.1) is 0 Å². The highest BCUT2D eigenvalue weighted by Gasteiger charge is 2.32. The van der Waals surface area contributed by atoms with E-state index in [2.05, 4.69) is 24.3 Å². The van der Waals surface area contributed by atoms with Crippen LogP contribution in [0.25, 0.3) is 22.2 Å². The summed E-state index contributed by atoms with van der Waals surface area (Å²) in [5.41, 5.74) is 5.91. The minimum atomic E-state index is -0.0506. The molecule has 1 aliphatic rings. The van der Waals surface area contributed by atoms with Crippen molar-refractivity contribution in [1.82, 2.24) is 9.97 Å². The van der Waals surface area contributed by atoms with E-state index in [9.17, 15) is 0 Å². The highest BCUT2D eigenvalue weighted by Crippen LogP contribution is 2.38. The van der Waals surface area contributed by atoms with E-state index in [4.69, 9.17) is 31.4 Å². The van der Waals surface area contributed by atoms with Crippen molar-refractivity contribution < 1.29 is 4.74 Å². The first kappa shape index (κ1) is 22.3. The van der Waals surface area contributed by atoms with Crippen molar-refractivity contribution in [3.05, 3.63) is 119 Å². The second-order valence-electron chi connectivity index (χ2n) is 8.65. The number of anilines is 1. The van der Waals surface area contributed by atoms with Crippen molar-refractivity contribution in [2.75, 3.05) is 12.1 Å². The standard InChI is InChI=1S/C30H23ClN4O/c1-36-24-17-13-21(14-18-24)28-19-27(20-7-3-2-4-8-20)34-35(28)30-32-26-10-6-5-9-25(26)29(33-30)22-11-15-23(31)16-12-22/h2-18,28H,19H2,1H3/t28-/m1/s1. The molecule has 0 N–H and O–H groups in total. The number of aromatic nitrogens is 2. The Morgan fingerprint density at radius 3 is 2.25 bits per heavy atom. The third kappa shape index (κ3) is 4.18. The van der Waals surface area contributed by atoms with Crippen LogP contribution in [0.15, 0.2) is 108 Å². The summed E-state index contributed by atoms with van der Waals surface area (Å²) in [5, 5.41) is 8.68. The summed E-state index contributed by atoms with van der Waals surface area (Å²) in [7, 11) is 1.68. The molecule has 0 spiro atoms. The number of rotatable bonds is 5. The Hall–Kier alpha value is -4.22. The third-order valence-electron chi connectivity index (χ3n) is 6.43. The normalized spacial score (nSPS) is 15.2. The molecule has 36 heavy (non-hydrogen) atoms. The van der Waals surface area contributed by atoms with Gasteiger partial charge in [-0.05, 0) is 41.5 Å². The number of para-hydroxylation sites is 1. The number of nitrogens with zero attached hydrogens (tertiary/aromatic N) is 4. The fourth-order valence-corrected chi connectivity index (χ4v) is 4.71. The first-order valence-electron chi connectivity index (χ1n) is 11.8. The molecule has 0 aliphatic carbocycles. The van der Waals surface area contributed by atoms with Crippen LogP contribution in [-0.2, 0) is 0 Å². The molecule has 0 radical (unpaired) electrons. The number of hydrogen-bond donors (Lipinski definition) is 0. The van der Waals surface area contributed by atoms with Crippen LogP contribution < -0.4 is 9.75 Å². The zero-order valence-electron chi connectivity index (χ0n) is 19.7. The van der Waals surface area contributed by atoms with E-state index in [1.165, 1.54) is 0 Å². The number of hydrogen-bond acceptors (Lipinski definition) is 5. The fourth-order valence-electron chi connectivity index (χ4n) is 4.58. The van der Waals surface area contributed by atoms with Crippen LogP contribution in [0.1, 0.15) is 23.6 Å². The van der Waals surface area contributed by atoms with Crippen molar-refractivity contribution in [3.8, 4) is 17.0 Å². The summed E-state index contributed by atoms with van der Waals surface area (Å²) >= 11 is 6.17. The molecule has 1 aliphatic heterocycles. The highest BCUT2D eigenvalue weighted by atomic mass is 35.5. The number of ether oxygens (including phenoxy) is 1. The van der Waals surface area contributed by atoms with Crippen LogP contribution in [0.5, 0.6) is 5.75 Å². The van der Waals surface area contributed by atoms with Gasteiger partial charge in [0.25, 0.3) is 0 Å². The highest BCUT2D eigenvalue weighted by molar-refractivity contribution is 6.30. The largest absolute Gasteiger partial charge is 0.497 e. The van der Waals surface area contributed by atoms with Crippen LogP contribution >= 0.6 is 11.6 Å².